The van der Waals surface area contributed by atoms with Crippen molar-refractivity contribution in [1.82, 2.24) is 10.6 Å². The molecule has 1 fully saturated rings. The van der Waals surface area contributed by atoms with Gasteiger partial charge in [-0.25, -0.2) is 4.79 Å². The summed E-state index contributed by atoms with van der Waals surface area (Å²) in [5.74, 6) is -0.0637. The number of carbonyl (C=O) groups excluding carboxylic acids is 3. The monoisotopic (exact) mass is 246 g/mol. The third kappa shape index (κ3) is 2.54. The lowest BCUT2D eigenvalue weighted by Gasteiger charge is -2.12. The fourth-order valence-corrected chi connectivity index (χ4v) is 1.41. The number of urea groups is 1. The van der Waals surface area contributed by atoms with Gasteiger partial charge in [-0.1, -0.05) is 6.08 Å². The maximum Gasteiger partial charge on any atom is 0.328 e. The van der Waals surface area contributed by atoms with Gasteiger partial charge in [0.25, 0.3) is 11.8 Å². The fourth-order valence-electron chi connectivity index (χ4n) is 1.41. The van der Waals surface area contributed by atoms with Crippen molar-refractivity contribution >= 4 is 23.9 Å². The van der Waals surface area contributed by atoms with E-state index in [4.69, 9.17) is 4.42 Å². The number of hydrogen-bond donors (Lipinski definition) is 2. The van der Waals surface area contributed by atoms with E-state index in [0.29, 0.717) is 5.76 Å². The van der Waals surface area contributed by atoms with Crippen molar-refractivity contribution in [1.29, 1.82) is 0 Å². The van der Waals surface area contributed by atoms with Gasteiger partial charge in [0.1, 0.15) is 17.1 Å². The smallest absolute Gasteiger partial charge is 0.328 e. The summed E-state index contributed by atoms with van der Waals surface area (Å²) in [4.78, 5) is 33.5. The van der Waals surface area contributed by atoms with E-state index >= 15 is 0 Å². The number of nitrogens with one attached hydrogen (secondary N) is 2. The van der Waals surface area contributed by atoms with Crippen LogP contribution in [-0.2, 0) is 9.59 Å². The van der Waals surface area contributed by atoms with E-state index in [1.54, 1.807) is 18.2 Å². The van der Waals surface area contributed by atoms with Gasteiger partial charge in [-0.15, -0.1) is 0 Å². The zero-order chi connectivity index (χ0) is 13.1. The molecule has 0 atom stereocenters. The number of carbonyl (C=O) groups is 3. The Labute approximate surface area is 102 Å². The SMILES string of the molecule is Cc1ccc(/C=C/C=C2C(=O)NC(=O)NC2=O)o1. The lowest BCUT2D eigenvalue weighted by molar-refractivity contribution is -0.124. The molecule has 0 unspecified atom stereocenters. The number of rotatable bonds is 2. The third-order valence-corrected chi connectivity index (χ3v) is 2.23. The van der Waals surface area contributed by atoms with Crippen molar-refractivity contribution < 1.29 is 18.8 Å². The van der Waals surface area contributed by atoms with Crippen LogP contribution in [0.2, 0.25) is 0 Å². The molecular weight excluding hydrogens is 236 g/mol. The van der Waals surface area contributed by atoms with Gasteiger partial charge in [0.15, 0.2) is 0 Å². The molecule has 4 amide bonds. The quantitative estimate of drug-likeness (QED) is 0.599. The van der Waals surface area contributed by atoms with Gasteiger partial charge >= 0.3 is 6.03 Å². The Morgan fingerprint density at radius 1 is 1.11 bits per heavy atom. The van der Waals surface area contributed by atoms with Crippen LogP contribution in [-0.4, -0.2) is 17.8 Å². The van der Waals surface area contributed by atoms with E-state index in [-0.39, 0.29) is 5.57 Å². The number of allylic oxidation sites excluding steroid dienone is 2. The minimum Gasteiger partial charge on any atom is -0.462 e. The van der Waals surface area contributed by atoms with Crippen LogP contribution in [0.25, 0.3) is 6.08 Å². The van der Waals surface area contributed by atoms with Crippen LogP contribution < -0.4 is 10.6 Å². The van der Waals surface area contributed by atoms with Gasteiger partial charge in [0, 0.05) is 0 Å². The highest BCUT2D eigenvalue weighted by Gasteiger charge is 2.26. The van der Waals surface area contributed by atoms with E-state index in [0.717, 1.165) is 5.76 Å². The molecule has 1 saturated heterocycles. The first-order valence-electron chi connectivity index (χ1n) is 5.18. The van der Waals surface area contributed by atoms with Crippen LogP contribution in [0.1, 0.15) is 11.5 Å². The standard InChI is InChI=1S/C12H10N2O4/c1-7-5-6-8(18-7)3-2-4-9-10(15)13-12(17)14-11(9)16/h2-6H,1H3,(H2,13,14,15,16,17)/b3-2+. The predicted molar refractivity (Wildman–Crippen MR) is 62.2 cm³/mol. The molecule has 0 spiro atoms. The first-order chi connectivity index (χ1) is 8.56. The normalized spacial score (nSPS) is 15.8. The summed E-state index contributed by atoms with van der Waals surface area (Å²) in [6.45, 7) is 1.81. The van der Waals surface area contributed by atoms with E-state index in [1.807, 2.05) is 17.6 Å². The molecule has 0 bridgehead atoms. The minimum absolute atomic E-state index is 0.130. The van der Waals surface area contributed by atoms with Crippen LogP contribution in [0.5, 0.6) is 0 Å². The summed E-state index contributed by atoms with van der Waals surface area (Å²) in [5, 5.41) is 3.95. The summed E-state index contributed by atoms with van der Waals surface area (Å²) in [5.41, 5.74) is -0.130. The molecule has 1 aliphatic rings. The molecule has 0 aromatic carbocycles. The van der Waals surface area contributed by atoms with E-state index < -0.39 is 17.8 Å². The van der Waals surface area contributed by atoms with Crippen LogP contribution in [0, 0.1) is 6.92 Å². The van der Waals surface area contributed by atoms with Crippen molar-refractivity contribution in [2.24, 2.45) is 0 Å². The molecule has 92 valence electrons. The lowest BCUT2D eigenvalue weighted by Crippen LogP contribution is -2.51. The van der Waals surface area contributed by atoms with E-state index in [2.05, 4.69) is 0 Å². The Bertz CT molecular complexity index is 559. The summed E-state index contributed by atoms with van der Waals surface area (Å²) < 4.78 is 5.27. The fraction of sp³-hybridized carbons (Fsp3) is 0.0833. The molecule has 0 radical (unpaired) electrons. The molecule has 6 nitrogen and oxygen atoms in total. The van der Waals surface area contributed by atoms with Crippen LogP contribution in [0.4, 0.5) is 4.79 Å². The molecule has 2 heterocycles. The predicted octanol–water partition coefficient (Wildman–Crippen LogP) is 0.894. The Morgan fingerprint density at radius 2 is 1.78 bits per heavy atom. The molecule has 0 saturated carbocycles. The van der Waals surface area contributed by atoms with Gasteiger partial charge in [-0.05, 0) is 31.2 Å². The molecule has 2 rings (SSSR count). The van der Waals surface area contributed by atoms with Crippen LogP contribution in [0.15, 0.2) is 34.3 Å². The van der Waals surface area contributed by atoms with Crippen molar-refractivity contribution in [2.45, 2.75) is 6.92 Å². The second-order valence-corrected chi connectivity index (χ2v) is 3.63. The molecule has 1 aromatic heterocycles. The molecule has 0 aliphatic carbocycles. The second kappa shape index (κ2) is 4.70. The molecule has 1 aromatic rings. The maximum atomic E-state index is 11.3. The summed E-state index contributed by atoms with van der Waals surface area (Å²) in [6.07, 6.45) is 4.43. The summed E-state index contributed by atoms with van der Waals surface area (Å²) in [6, 6.07) is 2.74. The Morgan fingerprint density at radius 3 is 2.33 bits per heavy atom. The highest BCUT2D eigenvalue weighted by atomic mass is 16.3. The Hall–Kier alpha value is -2.63. The summed E-state index contributed by atoms with van der Waals surface area (Å²) >= 11 is 0. The highest BCUT2D eigenvalue weighted by Crippen LogP contribution is 2.09. The number of aryl methyl sites for hydroxylation is 1. The molecule has 2 N–H and O–H groups in total. The van der Waals surface area contributed by atoms with Gasteiger partial charge in [-0.2, -0.15) is 0 Å². The zero-order valence-corrected chi connectivity index (χ0v) is 9.52. The number of furan rings is 1. The van der Waals surface area contributed by atoms with Crippen molar-refractivity contribution in [2.75, 3.05) is 0 Å². The highest BCUT2D eigenvalue weighted by molar-refractivity contribution is 6.29. The first kappa shape index (κ1) is 11.8. The molecule has 1 aliphatic heterocycles. The molecule has 6 heteroatoms. The van der Waals surface area contributed by atoms with Crippen molar-refractivity contribution in [3.8, 4) is 0 Å². The van der Waals surface area contributed by atoms with Gasteiger partial charge in [0.2, 0.25) is 0 Å². The number of imide groups is 2. The number of amides is 4. The minimum atomic E-state index is -0.812. The largest absolute Gasteiger partial charge is 0.462 e. The van der Waals surface area contributed by atoms with Crippen LogP contribution >= 0.6 is 0 Å². The Balaban J connectivity index is 2.13. The Kier molecular flexibility index (Phi) is 3.09. The average molecular weight is 246 g/mol. The van der Waals surface area contributed by atoms with Gasteiger partial charge in [0.05, 0.1) is 0 Å². The average Bonchev–Trinajstić information content (AvgIpc) is 2.68. The topological polar surface area (TPSA) is 88.4 Å². The summed E-state index contributed by atoms with van der Waals surface area (Å²) in [7, 11) is 0. The zero-order valence-electron chi connectivity index (χ0n) is 9.52. The van der Waals surface area contributed by atoms with E-state index in [1.165, 1.54) is 12.2 Å². The van der Waals surface area contributed by atoms with Crippen molar-refractivity contribution in [3.63, 3.8) is 0 Å². The number of barbiturate groups is 1. The van der Waals surface area contributed by atoms with Crippen molar-refractivity contribution in [3.05, 3.63) is 41.4 Å². The van der Waals surface area contributed by atoms with E-state index in [9.17, 15) is 14.4 Å². The van der Waals surface area contributed by atoms with Gasteiger partial charge in [-0.3, -0.25) is 20.2 Å². The molecule has 18 heavy (non-hydrogen) atoms. The first-order valence-corrected chi connectivity index (χ1v) is 5.18. The van der Waals surface area contributed by atoms with Crippen LogP contribution in [0.3, 0.4) is 0 Å². The lowest BCUT2D eigenvalue weighted by atomic mass is 10.2. The number of hydrogen-bond acceptors (Lipinski definition) is 4. The second-order valence-electron chi connectivity index (χ2n) is 3.63. The third-order valence-electron chi connectivity index (χ3n) is 2.23. The molecular formula is C12H10N2O4. The van der Waals surface area contributed by atoms with Gasteiger partial charge < -0.3 is 4.42 Å². The maximum absolute atomic E-state index is 11.3.